The largest absolute Gasteiger partial charge is 0.494 e. The highest BCUT2D eigenvalue weighted by molar-refractivity contribution is 7.98. The van der Waals surface area contributed by atoms with Gasteiger partial charge in [0.15, 0.2) is 0 Å². The lowest BCUT2D eigenvalue weighted by atomic mass is 10.0. The van der Waals surface area contributed by atoms with Crippen molar-refractivity contribution in [2.24, 2.45) is 0 Å². The van der Waals surface area contributed by atoms with E-state index in [1.807, 2.05) is 30.8 Å². The molecule has 1 aliphatic heterocycles. The van der Waals surface area contributed by atoms with Crippen LogP contribution in [0.3, 0.4) is 0 Å². The fourth-order valence-electron chi connectivity index (χ4n) is 2.52. The maximum Gasteiger partial charge on any atom is 0.119 e. The number of rotatable bonds is 4. The standard InChI is InChI=1S/C17H19NOS/c1-2-19-15-9-7-14(8-10-15)18-17-12-20-11-13-5-3-4-6-16(13)17/h3-10,17-18H,2,11-12H2,1H3. The number of anilines is 1. The first kappa shape index (κ1) is 13.4. The monoisotopic (exact) mass is 285 g/mol. The third kappa shape index (κ3) is 2.93. The molecule has 0 saturated heterocycles. The van der Waals surface area contributed by atoms with Crippen molar-refractivity contribution < 1.29 is 4.74 Å². The molecule has 1 aliphatic rings. The molecule has 1 heterocycles. The van der Waals surface area contributed by atoms with Crippen LogP contribution >= 0.6 is 11.8 Å². The van der Waals surface area contributed by atoms with Crippen molar-refractivity contribution in [1.82, 2.24) is 0 Å². The zero-order valence-electron chi connectivity index (χ0n) is 11.6. The number of benzene rings is 2. The Morgan fingerprint density at radius 2 is 1.95 bits per heavy atom. The minimum atomic E-state index is 0.392. The molecule has 3 heteroatoms. The maximum absolute atomic E-state index is 5.48. The van der Waals surface area contributed by atoms with Crippen molar-refractivity contribution >= 4 is 17.4 Å². The van der Waals surface area contributed by atoms with Crippen LogP contribution in [0.15, 0.2) is 48.5 Å². The summed E-state index contributed by atoms with van der Waals surface area (Å²) in [7, 11) is 0. The van der Waals surface area contributed by atoms with Gasteiger partial charge < -0.3 is 10.1 Å². The Kier molecular flexibility index (Phi) is 4.16. The van der Waals surface area contributed by atoms with Gasteiger partial charge in [0.2, 0.25) is 0 Å². The molecule has 1 N–H and O–H groups in total. The van der Waals surface area contributed by atoms with E-state index in [9.17, 15) is 0 Å². The lowest BCUT2D eigenvalue weighted by molar-refractivity contribution is 0.340. The van der Waals surface area contributed by atoms with Crippen molar-refractivity contribution in [3.8, 4) is 5.75 Å². The normalized spacial score (nSPS) is 17.4. The lowest BCUT2D eigenvalue weighted by Crippen LogP contribution is -2.18. The van der Waals surface area contributed by atoms with Crippen molar-refractivity contribution in [2.45, 2.75) is 18.7 Å². The molecule has 0 bridgehead atoms. The molecule has 0 fully saturated rings. The summed E-state index contributed by atoms with van der Waals surface area (Å²) in [5.74, 6) is 3.17. The van der Waals surface area contributed by atoms with Crippen LogP contribution in [0, 0.1) is 0 Å². The van der Waals surface area contributed by atoms with E-state index in [2.05, 4.69) is 41.7 Å². The van der Waals surface area contributed by atoms with Crippen molar-refractivity contribution in [2.75, 3.05) is 17.7 Å². The highest BCUT2D eigenvalue weighted by Crippen LogP contribution is 2.33. The van der Waals surface area contributed by atoms with Crippen LogP contribution in [0.2, 0.25) is 0 Å². The van der Waals surface area contributed by atoms with E-state index < -0.39 is 0 Å². The first-order valence-electron chi connectivity index (χ1n) is 7.02. The predicted octanol–water partition coefficient (Wildman–Crippen LogP) is 4.49. The van der Waals surface area contributed by atoms with Gasteiger partial charge in [0.25, 0.3) is 0 Å². The van der Waals surface area contributed by atoms with E-state index in [-0.39, 0.29) is 0 Å². The molecule has 3 rings (SSSR count). The number of hydrogen-bond acceptors (Lipinski definition) is 3. The van der Waals surface area contributed by atoms with Crippen LogP contribution in [0.25, 0.3) is 0 Å². The zero-order valence-corrected chi connectivity index (χ0v) is 12.5. The van der Waals surface area contributed by atoms with E-state index >= 15 is 0 Å². The summed E-state index contributed by atoms with van der Waals surface area (Å²) in [6.07, 6.45) is 0. The Labute approximate surface area is 124 Å². The molecular formula is C17H19NOS. The SMILES string of the molecule is CCOc1ccc(NC2CSCc3ccccc32)cc1. The van der Waals surface area contributed by atoms with Gasteiger partial charge >= 0.3 is 0 Å². The van der Waals surface area contributed by atoms with Crippen LogP contribution in [-0.4, -0.2) is 12.4 Å². The smallest absolute Gasteiger partial charge is 0.119 e. The summed E-state index contributed by atoms with van der Waals surface area (Å²) in [5.41, 5.74) is 4.03. The van der Waals surface area contributed by atoms with Gasteiger partial charge in [-0.1, -0.05) is 24.3 Å². The summed E-state index contributed by atoms with van der Waals surface area (Å²) in [6, 6.07) is 17.3. The van der Waals surface area contributed by atoms with Crippen molar-refractivity contribution in [3.05, 3.63) is 59.7 Å². The quantitative estimate of drug-likeness (QED) is 0.894. The van der Waals surface area contributed by atoms with Gasteiger partial charge in [-0.05, 0) is 42.3 Å². The van der Waals surface area contributed by atoms with Crippen LogP contribution in [-0.2, 0) is 5.75 Å². The molecule has 20 heavy (non-hydrogen) atoms. The predicted molar refractivity (Wildman–Crippen MR) is 86.6 cm³/mol. The fraction of sp³-hybridized carbons (Fsp3) is 0.294. The molecule has 0 aromatic heterocycles. The number of nitrogens with one attached hydrogen (secondary N) is 1. The van der Waals surface area contributed by atoms with Crippen molar-refractivity contribution in [3.63, 3.8) is 0 Å². The van der Waals surface area contributed by atoms with Crippen LogP contribution in [0.1, 0.15) is 24.1 Å². The van der Waals surface area contributed by atoms with Gasteiger partial charge in [-0.15, -0.1) is 0 Å². The van der Waals surface area contributed by atoms with Crippen LogP contribution in [0.5, 0.6) is 5.75 Å². The number of ether oxygens (including phenoxy) is 1. The minimum absolute atomic E-state index is 0.392. The summed E-state index contributed by atoms with van der Waals surface area (Å²) < 4.78 is 5.48. The van der Waals surface area contributed by atoms with E-state index in [0.29, 0.717) is 12.6 Å². The average Bonchev–Trinajstić information content (AvgIpc) is 2.50. The second-order valence-electron chi connectivity index (χ2n) is 4.87. The molecule has 2 aromatic carbocycles. The molecule has 2 nitrogen and oxygen atoms in total. The minimum Gasteiger partial charge on any atom is -0.494 e. The Bertz CT molecular complexity index is 567. The second kappa shape index (κ2) is 6.23. The fourth-order valence-corrected chi connectivity index (χ4v) is 3.62. The molecule has 2 aromatic rings. The molecule has 0 spiro atoms. The van der Waals surface area contributed by atoms with Gasteiger partial charge in [-0.2, -0.15) is 11.8 Å². The van der Waals surface area contributed by atoms with Crippen LogP contribution < -0.4 is 10.1 Å². The van der Waals surface area contributed by atoms with Gasteiger partial charge in [-0.25, -0.2) is 0 Å². The lowest BCUT2D eigenvalue weighted by Gasteiger charge is -2.27. The van der Waals surface area contributed by atoms with Gasteiger partial charge in [0.1, 0.15) is 5.75 Å². The third-order valence-electron chi connectivity index (χ3n) is 3.48. The average molecular weight is 285 g/mol. The van der Waals surface area contributed by atoms with Gasteiger partial charge in [0.05, 0.1) is 12.6 Å². The molecule has 0 saturated carbocycles. The van der Waals surface area contributed by atoms with E-state index in [1.54, 1.807) is 0 Å². The Morgan fingerprint density at radius 1 is 1.15 bits per heavy atom. The van der Waals surface area contributed by atoms with Gasteiger partial charge in [0, 0.05) is 17.2 Å². The second-order valence-corrected chi connectivity index (χ2v) is 5.90. The number of thioether (sulfide) groups is 1. The summed E-state index contributed by atoms with van der Waals surface area (Å²) in [5, 5.41) is 3.63. The Balaban J connectivity index is 1.75. The highest BCUT2D eigenvalue weighted by Gasteiger charge is 2.19. The van der Waals surface area contributed by atoms with Crippen LogP contribution in [0.4, 0.5) is 5.69 Å². The highest BCUT2D eigenvalue weighted by atomic mass is 32.2. The van der Waals surface area contributed by atoms with Crippen molar-refractivity contribution in [1.29, 1.82) is 0 Å². The zero-order chi connectivity index (χ0) is 13.8. The number of hydrogen-bond donors (Lipinski definition) is 1. The molecular weight excluding hydrogens is 266 g/mol. The third-order valence-corrected chi connectivity index (χ3v) is 4.56. The molecule has 0 amide bonds. The summed E-state index contributed by atoms with van der Waals surface area (Å²) in [4.78, 5) is 0. The molecule has 1 atom stereocenters. The summed E-state index contributed by atoms with van der Waals surface area (Å²) in [6.45, 7) is 2.71. The number of fused-ring (bicyclic) bond motifs is 1. The molecule has 1 unspecified atom stereocenters. The van der Waals surface area contributed by atoms with Gasteiger partial charge in [-0.3, -0.25) is 0 Å². The maximum atomic E-state index is 5.48. The first-order valence-corrected chi connectivity index (χ1v) is 8.17. The summed E-state index contributed by atoms with van der Waals surface area (Å²) >= 11 is 1.99. The molecule has 0 aliphatic carbocycles. The van der Waals surface area contributed by atoms with E-state index in [4.69, 9.17) is 4.74 Å². The Hall–Kier alpha value is -1.61. The Morgan fingerprint density at radius 3 is 2.75 bits per heavy atom. The van der Waals surface area contributed by atoms with E-state index in [0.717, 1.165) is 22.9 Å². The van der Waals surface area contributed by atoms with E-state index in [1.165, 1.54) is 11.1 Å². The topological polar surface area (TPSA) is 21.3 Å². The first-order chi connectivity index (χ1) is 9.86. The molecule has 0 radical (unpaired) electrons. The molecule has 104 valence electrons.